The second kappa shape index (κ2) is 3.44. The Balaban J connectivity index is 2.57. The molecule has 0 bridgehead atoms. The first kappa shape index (κ1) is 8.66. The normalized spacial score (nSPS) is 10.9. The molecule has 0 fully saturated rings. The van der Waals surface area contributed by atoms with E-state index >= 15 is 0 Å². The first-order valence-electron chi connectivity index (χ1n) is 4.25. The summed E-state index contributed by atoms with van der Waals surface area (Å²) in [5.74, 6) is 0.743. The first-order chi connectivity index (χ1) is 6.33. The van der Waals surface area contributed by atoms with Gasteiger partial charge in [-0.1, -0.05) is 6.07 Å². The predicted molar refractivity (Wildman–Crippen MR) is 58.9 cm³/mol. The SMILES string of the molecule is NCc1ccc2[nH]c(CS)cc2c1. The van der Waals surface area contributed by atoms with E-state index in [0.29, 0.717) is 6.54 Å². The number of benzene rings is 1. The Kier molecular flexibility index (Phi) is 2.29. The van der Waals surface area contributed by atoms with Crippen LogP contribution in [0.1, 0.15) is 11.3 Å². The molecule has 1 aromatic carbocycles. The largest absolute Gasteiger partial charge is 0.358 e. The second-order valence-corrected chi connectivity index (χ2v) is 3.39. The summed E-state index contributed by atoms with van der Waals surface area (Å²) in [6.07, 6.45) is 0. The average Bonchev–Trinajstić information content (AvgIpc) is 2.58. The van der Waals surface area contributed by atoms with E-state index in [-0.39, 0.29) is 0 Å². The highest BCUT2D eigenvalue weighted by Crippen LogP contribution is 2.17. The Morgan fingerprint density at radius 1 is 1.31 bits per heavy atom. The number of hydrogen-bond acceptors (Lipinski definition) is 2. The van der Waals surface area contributed by atoms with Gasteiger partial charge in [-0.3, -0.25) is 0 Å². The lowest BCUT2D eigenvalue weighted by atomic mass is 10.1. The van der Waals surface area contributed by atoms with Gasteiger partial charge in [-0.25, -0.2) is 0 Å². The molecule has 0 saturated heterocycles. The minimum Gasteiger partial charge on any atom is -0.358 e. The van der Waals surface area contributed by atoms with E-state index in [1.54, 1.807) is 0 Å². The van der Waals surface area contributed by atoms with Gasteiger partial charge in [-0.2, -0.15) is 12.6 Å². The molecule has 0 radical (unpaired) electrons. The molecular weight excluding hydrogens is 180 g/mol. The summed E-state index contributed by atoms with van der Waals surface area (Å²) >= 11 is 4.21. The van der Waals surface area contributed by atoms with E-state index in [1.807, 2.05) is 6.07 Å². The molecule has 0 amide bonds. The zero-order chi connectivity index (χ0) is 9.26. The number of H-pyrrole nitrogens is 1. The maximum Gasteiger partial charge on any atom is 0.0456 e. The van der Waals surface area contributed by atoms with E-state index in [2.05, 4.69) is 35.8 Å². The molecule has 3 heteroatoms. The van der Waals surface area contributed by atoms with Crippen molar-refractivity contribution in [2.75, 3.05) is 0 Å². The van der Waals surface area contributed by atoms with Gasteiger partial charge in [0.1, 0.15) is 0 Å². The lowest BCUT2D eigenvalue weighted by Gasteiger charge is -1.94. The number of thiol groups is 1. The number of hydrogen-bond donors (Lipinski definition) is 3. The fraction of sp³-hybridized carbons (Fsp3) is 0.200. The molecular formula is C10H12N2S. The lowest BCUT2D eigenvalue weighted by Crippen LogP contribution is -1.94. The molecule has 3 N–H and O–H groups in total. The number of nitrogens with two attached hydrogens (primary N) is 1. The molecule has 13 heavy (non-hydrogen) atoms. The van der Waals surface area contributed by atoms with E-state index in [9.17, 15) is 0 Å². The molecule has 1 heterocycles. The van der Waals surface area contributed by atoms with Crippen LogP contribution in [-0.4, -0.2) is 4.98 Å². The summed E-state index contributed by atoms with van der Waals surface area (Å²) < 4.78 is 0. The summed E-state index contributed by atoms with van der Waals surface area (Å²) in [4.78, 5) is 3.28. The Morgan fingerprint density at radius 2 is 2.15 bits per heavy atom. The zero-order valence-electron chi connectivity index (χ0n) is 7.25. The fourth-order valence-electron chi connectivity index (χ4n) is 1.45. The van der Waals surface area contributed by atoms with Crippen LogP contribution >= 0.6 is 12.6 Å². The van der Waals surface area contributed by atoms with Crippen molar-refractivity contribution < 1.29 is 0 Å². The van der Waals surface area contributed by atoms with Gasteiger partial charge in [0.05, 0.1) is 0 Å². The van der Waals surface area contributed by atoms with Gasteiger partial charge in [-0.05, 0) is 29.1 Å². The summed E-state index contributed by atoms with van der Waals surface area (Å²) in [6, 6.07) is 8.33. The van der Waals surface area contributed by atoms with E-state index < -0.39 is 0 Å². The van der Waals surface area contributed by atoms with Crippen LogP contribution in [-0.2, 0) is 12.3 Å². The van der Waals surface area contributed by atoms with Gasteiger partial charge in [0.15, 0.2) is 0 Å². The van der Waals surface area contributed by atoms with Gasteiger partial charge in [0.25, 0.3) is 0 Å². The van der Waals surface area contributed by atoms with Crippen LogP contribution in [0.5, 0.6) is 0 Å². The average molecular weight is 192 g/mol. The van der Waals surface area contributed by atoms with Crippen LogP contribution in [0.4, 0.5) is 0 Å². The summed E-state index contributed by atoms with van der Waals surface area (Å²) in [5, 5.41) is 1.21. The van der Waals surface area contributed by atoms with E-state index in [0.717, 1.165) is 22.5 Å². The van der Waals surface area contributed by atoms with Gasteiger partial charge < -0.3 is 10.7 Å². The van der Waals surface area contributed by atoms with Crippen LogP contribution < -0.4 is 5.73 Å². The van der Waals surface area contributed by atoms with Crippen LogP contribution in [0.15, 0.2) is 24.3 Å². The monoisotopic (exact) mass is 192 g/mol. The number of nitrogens with one attached hydrogen (secondary N) is 1. The minimum atomic E-state index is 0.595. The van der Waals surface area contributed by atoms with Gasteiger partial charge in [0, 0.05) is 23.5 Å². The van der Waals surface area contributed by atoms with Crippen molar-refractivity contribution in [1.82, 2.24) is 4.98 Å². The molecule has 0 atom stereocenters. The maximum atomic E-state index is 5.55. The number of fused-ring (bicyclic) bond motifs is 1. The third-order valence-corrected chi connectivity index (χ3v) is 2.49. The summed E-state index contributed by atoms with van der Waals surface area (Å²) in [7, 11) is 0. The van der Waals surface area contributed by atoms with Crippen molar-refractivity contribution in [2.45, 2.75) is 12.3 Å². The third-order valence-electron chi connectivity index (χ3n) is 2.15. The second-order valence-electron chi connectivity index (χ2n) is 3.08. The quantitative estimate of drug-likeness (QED) is 0.626. The van der Waals surface area contributed by atoms with Crippen LogP contribution in [0, 0.1) is 0 Å². The molecule has 2 rings (SSSR count). The highest BCUT2D eigenvalue weighted by Gasteiger charge is 1.99. The Labute approximate surface area is 82.5 Å². The molecule has 0 aliphatic rings. The van der Waals surface area contributed by atoms with Crippen LogP contribution in [0.2, 0.25) is 0 Å². The Hall–Kier alpha value is -0.930. The number of aromatic amines is 1. The van der Waals surface area contributed by atoms with Crippen molar-refractivity contribution in [3.8, 4) is 0 Å². The molecule has 0 unspecified atom stereocenters. The Bertz CT molecular complexity index is 418. The van der Waals surface area contributed by atoms with Crippen molar-refractivity contribution in [2.24, 2.45) is 5.73 Å². The minimum absolute atomic E-state index is 0.595. The van der Waals surface area contributed by atoms with Gasteiger partial charge in [-0.15, -0.1) is 0 Å². The van der Waals surface area contributed by atoms with Crippen molar-refractivity contribution in [3.05, 3.63) is 35.5 Å². The summed E-state index contributed by atoms with van der Waals surface area (Å²) in [5.41, 5.74) is 9.02. The molecule has 0 aliphatic carbocycles. The lowest BCUT2D eigenvalue weighted by molar-refractivity contribution is 1.08. The van der Waals surface area contributed by atoms with Gasteiger partial charge in [0.2, 0.25) is 0 Å². The van der Waals surface area contributed by atoms with Gasteiger partial charge >= 0.3 is 0 Å². The highest BCUT2D eigenvalue weighted by molar-refractivity contribution is 7.79. The molecule has 0 aliphatic heterocycles. The van der Waals surface area contributed by atoms with Crippen molar-refractivity contribution in [1.29, 1.82) is 0 Å². The highest BCUT2D eigenvalue weighted by atomic mass is 32.1. The molecule has 68 valence electrons. The molecule has 0 saturated carbocycles. The summed E-state index contributed by atoms with van der Waals surface area (Å²) in [6.45, 7) is 0.595. The van der Waals surface area contributed by atoms with Crippen LogP contribution in [0.25, 0.3) is 10.9 Å². The van der Waals surface area contributed by atoms with Crippen molar-refractivity contribution in [3.63, 3.8) is 0 Å². The number of aromatic nitrogens is 1. The maximum absolute atomic E-state index is 5.55. The van der Waals surface area contributed by atoms with E-state index in [4.69, 9.17) is 5.73 Å². The fourth-order valence-corrected chi connectivity index (χ4v) is 1.62. The van der Waals surface area contributed by atoms with Crippen LogP contribution in [0.3, 0.4) is 0 Å². The van der Waals surface area contributed by atoms with E-state index in [1.165, 1.54) is 5.39 Å². The Morgan fingerprint density at radius 3 is 2.85 bits per heavy atom. The predicted octanol–water partition coefficient (Wildman–Crippen LogP) is 2.06. The molecule has 1 aromatic heterocycles. The zero-order valence-corrected chi connectivity index (χ0v) is 8.14. The topological polar surface area (TPSA) is 41.8 Å². The standard InChI is InChI=1S/C10H12N2S/c11-5-7-1-2-10-8(3-7)4-9(6-13)12-10/h1-4,12-13H,5-6,11H2. The molecule has 0 spiro atoms. The first-order valence-corrected chi connectivity index (χ1v) is 4.88. The third kappa shape index (κ3) is 1.57. The molecule has 2 nitrogen and oxygen atoms in total. The molecule has 2 aromatic rings. The smallest absolute Gasteiger partial charge is 0.0456 e. The van der Waals surface area contributed by atoms with Crippen molar-refractivity contribution >= 4 is 23.5 Å². The number of rotatable bonds is 2.